The smallest absolute Gasteiger partial charge is 0.251 e. The second kappa shape index (κ2) is 9.88. The molecule has 0 spiro atoms. The Hall–Kier alpha value is -3.13. The maximum absolute atomic E-state index is 12.7. The van der Waals surface area contributed by atoms with Gasteiger partial charge in [-0.15, -0.1) is 0 Å². The lowest BCUT2D eigenvalue weighted by molar-refractivity contribution is 0.0939. The van der Waals surface area contributed by atoms with Gasteiger partial charge in [0, 0.05) is 31.2 Å². The Labute approximate surface area is 174 Å². The van der Waals surface area contributed by atoms with Crippen LogP contribution in [0.3, 0.4) is 0 Å². The van der Waals surface area contributed by atoms with E-state index in [0.29, 0.717) is 23.1 Å². The zero-order chi connectivity index (χ0) is 20.6. The van der Waals surface area contributed by atoms with Crippen molar-refractivity contribution in [1.82, 2.24) is 20.3 Å². The first-order chi connectivity index (χ1) is 14.0. The SMILES string of the molecule is CN(C)c1nc(N)nc(C(CSCc2ccccc2)NC(=O)c2ccccc2)n1. The van der Waals surface area contributed by atoms with Crippen molar-refractivity contribution in [3.63, 3.8) is 0 Å². The number of carbonyl (C=O) groups excluding carboxylic acids is 1. The molecule has 3 rings (SSSR count). The van der Waals surface area contributed by atoms with Crippen LogP contribution in [0.15, 0.2) is 60.7 Å². The van der Waals surface area contributed by atoms with Crippen molar-refractivity contribution in [3.05, 3.63) is 77.6 Å². The predicted molar refractivity (Wildman–Crippen MR) is 118 cm³/mol. The Balaban J connectivity index is 1.80. The number of carbonyl (C=O) groups is 1. The minimum absolute atomic E-state index is 0.130. The van der Waals surface area contributed by atoms with Crippen LogP contribution in [0.25, 0.3) is 0 Å². The van der Waals surface area contributed by atoms with E-state index in [4.69, 9.17) is 5.73 Å². The van der Waals surface area contributed by atoms with Crippen LogP contribution in [0, 0.1) is 0 Å². The van der Waals surface area contributed by atoms with E-state index in [-0.39, 0.29) is 11.9 Å². The fourth-order valence-corrected chi connectivity index (χ4v) is 3.65. The van der Waals surface area contributed by atoms with Gasteiger partial charge in [-0.05, 0) is 17.7 Å². The van der Waals surface area contributed by atoms with Gasteiger partial charge in [-0.3, -0.25) is 4.79 Å². The number of rotatable bonds is 8. The lowest BCUT2D eigenvalue weighted by Gasteiger charge is -2.19. The topological polar surface area (TPSA) is 97.0 Å². The molecule has 3 N–H and O–H groups in total. The standard InChI is InChI=1S/C21H24N6OS/c1-27(2)21-25-18(24-20(22)26-21)17(14-29-13-15-9-5-3-6-10-15)23-19(28)16-11-7-4-8-12-16/h3-12,17H,13-14H2,1-2H3,(H,23,28)(H2,22,24,25,26). The van der Waals surface area contributed by atoms with E-state index in [2.05, 4.69) is 32.4 Å². The maximum Gasteiger partial charge on any atom is 0.251 e. The number of nitrogen functional groups attached to an aromatic ring is 1. The highest BCUT2D eigenvalue weighted by Crippen LogP contribution is 2.21. The normalized spacial score (nSPS) is 11.7. The van der Waals surface area contributed by atoms with E-state index in [0.717, 1.165) is 5.75 Å². The van der Waals surface area contributed by atoms with Crippen LogP contribution in [0.4, 0.5) is 11.9 Å². The molecule has 29 heavy (non-hydrogen) atoms. The van der Waals surface area contributed by atoms with Crippen molar-refractivity contribution in [2.24, 2.45) is 0 Å². The number of nitrogens with two attached hydrogens (primary N) is 1. The monoisotopic (exact) mass is 408 g/mol. The Morgan fingerprint density at radius 3 is 2.34 bits per heavy atom. The largest absolute Gasteiger partial charge is 0.368 e. The van der Waals surface area contributed by atoms with Crippen molar-refractivity contribution in [1.29, 1.82) is 0 Å². The molecule has 1 unspecified atom stereocenters. The van der Waals surface area contributed by atoms with Gasteiger partial charge >= 0.3 is 0 Å². The molecule has 1 atom stereocenters. The first-order valence-electron chi connectivity index (χ1n) is 9.19. The molecule has 0 aliphatic rings. The van der Waals surface area contributed by atoms with Gasteiger partial charge < -0.3 is 16.0 Å². The zero-order valence-corrected chi connectivity index (χ0v) is 17.3. The highest BCUT2D eigenvalue weighted by molar-refractivity contribution is 7.98. The van der Waals surface area contributed by atoms with Gasteiger partial charge in [0.05, 0.1) is 6.04 Å². The molecule has 0 bridgehead atoms. The van der Waals surface area contributed by atoms with Crippen molar-refractivity contribution in [2.75, 3.05) is 30.5 Å². The Morgan fingerprint density at radius 2 is 1.69 bits per heavy atom. The molecule has 0 saturated carbocycles. The first-order valence-corrected chi connectivity index (χ1v) is 10.3. The fraction of sp³-hybridized carbons (Fsp3) is 0.238. The number of anilines is 2. The molecular formula is C21H24N6OS. The third-order valence-electron chi connectivity index (χ3n) is 4.11. The van der Waals surface area contributed by atoms with Crippen molar-refractivity contribution < 1.29 is 4.79 Å². The van der Waals surface area contributed by atoms with Crippen LogP contribution in [-0.4, -0.2) is 40.7 Å². The average Bonchev–Trinajstić information content (AvgIpc) is 2.74. The summed E-state index contributed by atoms with van der Waals surface area (Å²) >= 11 is 1.70. The third kappa shape index (κ3) is 5.92. The van der Waals surface area contributed by atoms with E-state index < -0.39 is 6.04 Å². The summed E-state index contributed by atoms with van der Waals surface area (Å²) in [7, 11) is 3.67. The van der Waals surface area contributed by atoms with Crippen molar-refractivity contribution >= 4 is 29.6 Å². The highest BCUT2D eigenvalue weighted by atomic mass is 32.2. The van der Waals surface area contributed by atoms with Crippen LogP contribution in [0.1, 0.15) is 27.8 Å². The number of benzene rings is 2. The van der Waals surface area contributed by atoms with E-state index >= 15 is 0 Å². The number of hydrogen-bond donors (Lipinski definition) is 2. The molecule has 1 amide bonds. The quantitative estimate of drug-likeness (QED) is 0.591. The molecule has 0 aliphatic heterocycles. The predicted octanol–water partition coefficient (Wildman–Crippen LogP) is 2.92. The maximum atomic E-state index is 12.7. The zero-order valence-electron chi connectivity index (χ0n) is 16.4. The first kappa shape index (κ1) is 20.6. The Bertz CT molecular complexity index is 936. The highest BCUT2D eigenvalue weighted by Gasteiger charge is 2.21. The fourth-order valence-electron chi connectivity index (χ4n) is 2.63. The van der Waals surface area contributed by atoms with E-state index in [9.17, 15) is 4.79 Å². The third-order valence-corrected chi connectivity index (χ3v) is 5.21. The Morgan fingerprint density at radius 1 is 1.03 bits per heavy atom. The van der Waals surface area contributed by atoms with Crippen LogP contribution < -0.4 is 16.0 Å². The number of nitrogens with zero attached hydrogens (tertiary/aromatic N) is 4. The number of thioether (sulfide) groups is 1. The summed E-state index contributed by atoms with van der Waals surface area (Å²) in [5.74, 6) is 2.28. The Kier molecular flexibility index (Phi) is 7.02. The summed E-state index contributed by atoms with van der Waals surface area (Å²) in [6.07, 6.45) is 0. The second-order valence-electron chi connectivity index (χ2n) is 6.64. The molecule has 0 radical (unpaired) electrons. The van der Waals surface area contributed by atoms with Crippen molar-refractivity contribution in [3.8, 4) is 0 Å². The van der Waals surface area contributed by atoms with E-state index in [1.165, 1.54) is 5.56 Å². The van der Waals surface area contributed by atoms with Gasteiger partial charge in [0.2, 0.25) is 11.9 Å². The summed E-state index contributed by atoms with van der Waals surface area (Å²) < 4.78 is 0. The molecule has 0 fully saturated rings. The summed E-state index contributed by atoms with van der Waals surface area (Å²) in [4.78, 5) is 27.4. The molecule has 1 aromatic heterocycles. The van der Waals surface area contributed by atoms with Crippen LogP contribution in [0.5, 0.6) is 0 Å². The molecular weight excluding hydrogens is 384 g/mol. The number of nitrogens with one attached hydrogen (secondary N) is 1. The summed E-state index contributed by atoms with van der Waals surface area (Å²) in [5.41, 5.74) is 7.69. The van der Waals surface area contributed by atoms with Gasteiger partial charge in [-0.2, -0.15) is 26.7 Å². The summed E-state index contributed by atoms with van der Waals surface area (Å²) in [6.45, 7) is 0. The number of amides is 1. The molecule has 150 valence electrons. The molecule has 0 saturated heterocycles. The lowest BCUT2D eigenvalue weighted by atomic mass is 10.2. The molecule has 2 aromatic carbocycles. The molecule has 3 aromatic rings. The minimum Gasteiger partial charge on any atom is -0.368 e. The lowest BCUT2D eigenvalue weighted by Crippen LogP contribution is -2.32. The summed E-state index contributed by atoms with van der Waals surface area (Å²) in [6, 6.07) is 18.9. The molecule has 1 heterocycles. The van der Waals surface area contributed by atoms with Gasteiger partial charge in [0.15, 0.2) is 5.82 Å². The average molecular weight is 409 g/mol. The van der Waals surface area contributed by atoms with Gasteiger partial charge in [-0.25, -0.2) is 0 Å². The van der Waals surface area contributed by atoms with E-state index in [1.807, 2.05) is 50.5 Å². The van der Waals surface area contributed by atoms with Crippen LogP contribution in [0.2, 0.25) is 0 Å². The second-order valence-corrected chi connectivity index (χ2v) is 7.67. The van der Waals surface area contributed by atoms with Gasteiger partial charge in [0.1, 0.15) is 0 Å². The molecule has 0 aliphatic carbocycles. The summed E-state index contributed by atoms with van der Waals surface area (Å²) in [5, 5.41) is 3.04. The number of hydrogen-bond acceptors (Lipinski definition) is 7. The van der Waals surface area contributed by atoms with Crippen LogP contribution in [-0.2, 0) is 5.75 Å². The van der Waals surface area contributed by atoms with Gasteiger partial charge in [-0.1, -0.05) is 48.5 Å². The molecule has 7 nitrogen and oxygen atoms in total. The van der Waals surface area contributed by atoms with Crippen LogP contribution >= 0.6 is 11.8 Å². The minimum atomic E-state index is -0.402. The number of aromatic nitrogens is 3. The van der Waals surface area contributed by atoms with Gasteiger partial charge in [0.25, 0.3) is 5.91 Å². The van der Waals surface area contributed by atoms with Crippen molar-refractivity contribution in [2.45, 2.75) is 11.8 Å². The van der Waals surface area contributed by atoms with E-state index in [1.54, 1.807) is 28.8 Å². The molecule has 8 heteroatoms.